The molecule has 0 fully saturated rings. The molecule has 0 atom stereocenters. The Balaban J connectivity index is 2.30. The summed E-state index contributed by atoms with van der Waals surface area (Å²) in [5.74, 6) is 0.229. The molecule has 0 bridgehead atoms. The van der Waals surface area contributed by atoms with Crippen molar-refractivity contribution in [2.75, 3.05) is 0 Å². The smallest absolute Gasteiger partial charge is 0.164 e. The number of pyridine rings is 1. The van der Waals surface area contributed by atoms with Gasteiger partial charge in [0.1, 0.15) is 0 Å². The summed E-state index contributed by atoms with van der Waals surface area (Å²) in [6.07, 6.45) is 10.0. The molecule has 0 aromatic carbocycles. The number of carbonyl (C=O) groups excluding carboxylic acids is 1. The van der Waals surface area contributed by atoms with Crippen LogP contribution in [0, 0.1) is 6.92 Å². The second kappa shape index (κ2) is 7.15. The van der Waals surface area contributed by atoms with Crippen LogP contribution in [0.4, 0.5) is 0 Å². The molecule has 88 valence electrons. The number of nitrogens with zero attached hydrogens (tertiary/aromatic N) is 1. The standard InChI is InChI=1S/C14H21NO/c1-3-4-5-6-7-8-14(16)13-9-12(2)10-15-11-13/h9-11H,3-8H2,1-2H3. The molecule has 0 saturated carbocycles. The number of hydrogen-bond donors (Lipinski definition) is 0. The topological polar surface area (TPSA) is 30.0 Å². The predicted molar refractivity (Wildman–Crippen MR) is 66.7 cm³/mol. The van der Waals surface area contributed by atoms with Crippen molar-refractivity contribution in [3.05, 3.63) is 29.6 Å². The molecule has 1 heterocycles. The highest BCUT2D eigenvalue weighted by atomic mass is 16.1. The Morgan fingerprint density at radius 2 is 1.94 bits per heavy atom. The monoisotopic (exact) mass is 219 g/mol. The minimum Gasteiger partial charge on any atom is -0.294 e. The van der Waals surface area contributed by atoms with Gasteiger partial charge in [0.15, 0.2) is 5.78 Å². The second-order valence-corrected chi connectivity index (χ2v) is 4.34. The molecular formula is C14H21NO. The molecule has 2 nitrogen and oxygen atoms in total. The van der Waals surface area contributed by atoms with E-state index in [1.165, 1.54) is 25.7 Å². The molecule has 2 heteroatoms. The normalized spacial score (nSPS) is 10.4. The first kappa shape index (κ1) is 12.9. The molecule has 1 aromatic rings. The first-order chi connectivity index (χ1) is 7.74. The maximum Gasteiger partial charge on any atom is 0.164 e. The molecule has 0 aliphatic rings. The largest absolute Gasteiger partial charge is 0.294 e. The number of aromatic nitrogens is 1. The zero-order valence-electron chi connectivity index (χ0n) is 10.3. The van der Waals surface area contributed by atoms with E-state index in [0.717, 1.165) is 17.5 Å². The van der Waals surface area contributed by atoms with Gasteiger partial charge in [0, 0.05) is 24.4 Å². The molecule has 16 heavy (non-hydrogen) atoms. The van der Waals surface area contributed by atoms with Crippen LogP contribution in [-0.4, -0.2) is 10.8 Å². The summed E-state index contributed by atoms with van der Waals surface area (Å²) < 4.78 is 0. The maximum atomic E-state index is 11.8. The molecule has 0 N–H and O–H groups in total. The zero-order valence-corrected chi connectivity index (χ0v) is 10.3. The SMILES string of the molecule is CCCCCCCC(=O)c1cncc(C)c1. The summed E-state index contributed by atoms with van der Waals surface area (Å²) in [6.45, 7) is 4.16. The zero-order chi connectivity index (χ0) is 11.8. The molecule has 0 saturated heterocycles. The van der Waals surface area contributed by atoms with Gasteiger partial charge in [-0.15, -0.1) is 0 Å². The molecule has 0 aliphatic heterocycles. The lowest BCUT2D eigenvalue weighted by Gasteiger charge is -2.01. The summed E-state index contributed by atoms with van der Waals surface area (Å²) in [5.41, 5.74) is 1.81. The van der Waals surface area contributed by atoms with E-state index in [4.69, 9.17) is 0 Å². The summed E-state index contributed by atoms with van der Waals surface area (Å²) in [5, 5.41) is 0. The molecule has 0 amide bonds. The highest BCUT2D eigenvalue weighted by Crippen LogP contribution is 2.10. The van der Waals surface area contributed by atoms with Gasteiger partial charge in [0.05, 0.1) is 0 Å². The van der Waals surface area contributed by atoms with Gasteiger partial charge in [-0.25, -0.2) is 0 Å². The molecule has 0 spiro atoms. The first-order valence-corrected chi connectivity index (χ1v) is 6.19. The number of ketones is 1. The minimum atomic E-state index is 0.229. The van der Waals surface area contributed by atoms with E-state index < -0.39 is 0 Å². The Morgan fingerprint density at radius 3 is 2.62 bits per heavy atom. The quantitative estimate of drug-likeness (QED) is 0.513. The van der Waals surface area contributed by atoms with Crippen molar-refractivity contribution in [1.82, 2.24) is 4.98 Å². The van der Waals surface area contributed by atoms with Crippen LogP contribution >= 0.6 is 0 Å². The van der Waals surface area contributed by atoms with Gasteiger partial charge in [-0.2, -0.15) is 0 Å². The van der Waals surface area contributed by atoms with Crippen LogP contribution in [-0.2, 0) is 0 Å². The van der Waals surface area contributed by atoms with E-state index in [2.05, 4.69) is 11.9 Å². The average molecular weight is 219 g/mol. The summed E-state index contributed by atoms with van der Waals surface area (Å²) in [4.78, 5) is 15.8. The first-order valence-electron chi connectivity index (χ1n) is 6.19. The number of unbranched alkanes of at least 4 members (excludes halogenated alkanes) is 4. The van der Waals surface area contributed by atoms with Crippen molar-refractivity contribution in [2.45, 2.75) is 52.4 Å². The minimum absolute atomic E-state index is 0.229. The maximum absolute atomic E-state index is 11.8. The van der Waals surface area contributed by atoms with Crippen molar-refractivity contribution in [1.29, 1.82) is 0 Å². The Hall–Kier alpha value is -1.18. The van der Waals surface area contributed by atoms with E-state index in [1.54, 1.807) is 12.4 Å². The Morgan fingerprint density at radius 1 is 1.19 bits per heavy atom. The fraction of sp³-hybridized carbons (Fsp3) is 0.571. The average Bonchev–Trinajstić information content (AvgIpc) is 2.28. The third-order valence-corrected chi connectivity index (χ3v) is 2.70. The summed E-state index contributed by atoms with van der Waals surface area (Å²) in [6, 6.07) is 1.92. The Labute approximate surface area is 98.1 Å². The van der Waals surface area contributed by atoms with E-state index in [1.807, 2.05) is 13.0 Å². The van der Waals surface area contributed by atoms with Crippen LogP contribution in [0.1, 0.15) is 61.4 Å². The second-order valence-electron chi connectivity index (χ2n) is 4.34. The van der Waals surface area contributed by atoms with E-state index in [0.29, 0.717) is 6.42 Å². The third-order valence-electron chi connectivity index (χ3n) is 2.70. The van der Waals surface area contributed by atoms with Crippen molar-refractivity contribution < 1.29 is 4.79 Å². The number of aryl methyl sites for hydroxylation is 1. The fourth-order valence-electron chi connectivity index (χ4n) is 1.74. The fourth-order valence-corrected chi connectivity index (χ4v) is 1.74. The number of Topliss-reactive ketones (excluding diaryl/α,β-unsaturated/α-hetero) is 1. The van der Waals surface area contributed by atoms with Crippen molar-refractivity contribution >= 4 is 5.78 Å². The lowest BCUT2D eigenvalue weighted by atomic mass is 10.0. The highest BCUT2D eigenvalue weighted by molar-refractivity contribution is 5.95. The van der Waals surface area contributed by atoms with Gasteiger partial charge in [-0.05, 0) is 25.0 Å². The van der Waals surface area contributed by atoms with Gasteiger partial charge in [-0.3, -0.25) is 9.78 Å². The van der Waals surface area contributed by atoms with Crippen LogP contribution in [0.15, 0.2) is 18.5 Å². The van der Waals surface area contributed by atoms with Crippen LogP contribution in [0.2, 0.25) is 0 Å². The van der Waals surface area contributed by atoms with Crippen LogP contribution in [0.3, 0.4) is 0 Å². The lowest BCUT2D eigenvalue weighted by Crippen LogP contribution is -2.00. The van der Waals surface area contributed by atoms with Gasteiger partial charge in [0.2, 0.25) is 0 Å². The van der Waals surface area contributed by atoms with Crippen LogP contribution < -0.4 is 0 Å². The van der Waals surface area contributed by atoms with Gasteiger partial charge < -0.3 is 0 Å². The summed E-state index contributed by atoms with van der Waals surface area (Å²) in [7, 11) is 0. The highest BCUT2D eigenvalue weighted by Gasteiger charge is 2.05. The van der Waals surface area contributed by atoms with Gasteiger partial charge >= 0.3 is 0 Å². The van der Waals surface area contributed by atoms with Gasteiger partial charge in [0.25, 0.3) is 0 Å². The molecule has 1 rings (SSSR count). The van der Waals surface area contributed by atoms with E-state index >= 15 is 0 Å². The van der Waals surface area contributed by atoms with Crippen molar-refractivity contribution in [3.63, 3.8) is 0 Å². The van der Waals surface area contributed by atoms with Crippen molar-refractivity contribution in [3.8, 4) is 0 Å². The Bertz CT molecular complexity index is 333. The molecule has 0 aliphatic carbocycles. The van der Waals surface area contributed by atoms with E-state index in [9.17, 15) is 4.79 Å². The van der Waals surface area contributed by atoms with E-state index in [-0.39, 0.29) is 5.78 Å². The number of carbonyl (C=O) groups is 1. The molecular weight excluding hydrogens is 198 g/mol. The van der Waals surface area contributed by atoms with Gasteiger partial charge in [-0.1, -0.05) is 32.6 Å². The summed E-state index contributed by atoms with van der Waals surface area (Å²) >= 11 is 0. The van der Waals surface area contributed by atoms with Crippen LogP contribution in [0.25, 0.3) is 0 Å². The number of hydrogen-bond acceptors (Lipinski definition) is 2. The van der Waals surface area contributed by atoms with Crippen molar-refractivity contribution in [2.24, 2.45) is 0 Å². The molecule has 1 aromatic heterocycles. The Kier molecular flexibility index (Phi) is 5.76. The number of rotatable bonds is 7. The molecule has 0 unspecified atom stereocenters. The lowest BCUT2D eigenvalue weighted by molar-refractivity contribution is 0.0978. The van der Waals surface area contributed by atoms with Crippen LogP contribution in [0.5, 0.6) is 0 Å². The third kappa shape index (κ3) is 4.56. The molecule has 0 radical (unpaired) electrons. The predicted octanol–water partition coefficient (Wildman–Crippen LogP) is 3.93.